The molecule has 1 saturated carbocycles. The van der Waals surface area contributed by atoms with Crippen LogP contribution in [0.5, 0.6) is 0 Å². The lowest BCUT2D eigenvalue weighted by atomic mass is 9.86. The summed E-state index contributed by atoms with van der Waals surface area (Å²) >= 11 is 3.93. The molecule has 0 radical (unpaired) electrons. The monoisotopic (exact) mass is 1020 g/mol. The predicted octanol–water partition coefficient (Wildman–Crippen LogP) is 9.63. The maximum absolute atomic E-state index is 14.0. The average molecular weight is 1020 g/mol. The summed E-state index contributed by atoms with van der Waals surface area (Å²) in [7, 11) is 0. The van der Waals surface area contributed by atoms with Gasteiger partial charge in [-0.3, -0.25) is 19.4 Å². The second-order valence-electron chi connectivity index (χ2n) is 23.6. The van der Waals surface area contributed by atoms with Crippen molar-refractivity contribution in [3.63, 3.8) is 0 Å². The van der Waals surface area contributed by atoms with Gasteiger partial charge in [-0.05, 0) is 161 Å². The van der Waals surface area contributed by atoms with Crippen molar-refractivity contribution in [1.82, 2.24) is 49.3 Å². The van der Waals surface area contributed by atoms with Crippen LogP contribution in [0.3, 0.4) is 0 Å². The van der Waals surface area contributed by atoms with Gasteiger partial charge in [-0.25, -0.2) is 14.1 Å². The third kappa shape index (κ3) is 7.04. The quantitative estimate of drug-likeness (QED) is 0.0887. The lowest BCUT2D eigenvalue weighted by molar-refractivity contribution is -0.700. The number of likely N-dealkylation sites (tertiary alicyclic amines) is 1. The van der Waals surface area contributed by atoms with Gasteiger partial charge in [-0.1, -0.05) is 32.2 Å². The molecule has 14 rings (SSSR count). The van der Waals surface area contributed by atoms with Crippen molar-refractivity contribution < 1.29 is 14.2 Å². The van der Waals surface area contributed by atoms with E-state index in [9.17, 15) is 9.59 Å². The van der Waals surface area contributed by atoms with Crippen molar-refractivity contribution in [3.8, 4) is 22.5 Å². The van der Waals surface area contributed by atoms with E-state index in [-0.39, 0.29) is 18.0 Å². The molecule has 0 aromatic carbocycles. The minimum atomic E-state index is -0.245. The number of nitrogens with one attached hydrogen (secondary N) is 3. The second-order valence-corrected chi connectivity index (χ2v) is 25.7. The zero-order chi connectivity index (χ0) is 49.9. The van der Waals surface area contributed by atoms with Crippen molar-refractivity contribution in [3.05, 3.63) is 79.3 Å². The third-order valence-electron chi connectivity index (χ3n) is 18.8. The van der Waals surface area contributed by atoms with E-state index in [2.05, 4.69) is 105 Å². The van der Waals surface area contributed by atoms with Crippen molar-refractivity contribution in [1.29, 1.82) is 0 Å². The maximum atomic E-state index is 14.0. The van der Waals surface area contributed by atoms with Gasteiger partial charge in [0.25, 0.3) is 12.0 Å². The summed E-state index contributed by atoms with van der Waals surface area (Å²) in [6, 6.07) is 1.29. The van der Waals surface area contributed by atoms with Gasteiger partial charge < -0.3 is 21.0 Å². The minimum absolute atomic E-state index is 0.0774. The number of amides is 2. The fourth-order valence-electron chi connectivity index (χ4n) is 15.8. The number of hydrogen-bond acceptors (Lipinski definition) is 9. The fraction of sp³-hybridized carbons (Fsp3) is 0.544. The number of H-pyrrole nitrogens is 2. The summed E-state index contributed by atoms with van der Waals surface area (Å²) in [6.07, 6.45) is 21.0. The molecule has 4 bridgehead atoms. The molecular weight excluding hydrogens is 949 g/mol. The summed E-state index contributed by atoms with van der Waals surface area (Å²) in [4.78, 5) is 49.0. The number of rotatable bonds is 12. The van der Waals surface area contributed by atoms with Gasteiger partial charge >= 0.3 is 0 Å². The van der Waals surface area contributed by atoms with Crippen LogP contribution in [0.15, 0.2) is 25.0 Å². The highest BCUT2D eigenvalue weighted by molar-refractivity contribution is 7.19. The molecular formula is C57H69N12O2S2+. The van der Waals surface area contributed by atoms with Gasteiger partial charge in [0.15, 0.2) is 11.8 Å². The maximum Gasteiger partial charge on any atom is 0.270 e. The minimum Gasteiger partial charge on any atom is -0.369 e. The number of thiophene rings is 2. The Morgan fingerprint density at radius 1 is 0.767 bits per heavy atom. The van der Waals surface area contributed by atoms with E-state index in [4.69, 9.17) is 10.8 Å². The van der Waals surface area contributed by atoms with E-state index in [0.717, 1.165) is 94.9 Å². The highest BCUT2D eigenvalue weighted by atomic mass is 32.1. The first kappa shape index (κ1) is 46.1. The van der Waals surface area contributed by atoms with Crippen LogP contribution >= 0.6 is 22.7 Å². The molecule has 11 heterocycles. The molecule has 380 valence electrons. The summed E-state index contributed by atoms with van der Waals surface area (Å²) in [5, 5.41) is 15.8. The number of fused-ring (bicyclic) bond motifs is 12. The van der Waals surface area contributed by atoms with Gasteiger partial charge in [-0.2, -0.15) is 5.10 Å². The zero-order valence-corrected chi connectivity index (χ0v) is 45.0. The number of aromatic nitrogens is 8. The Morgan fingerprint density at radius 3 is 2.03 bits per heavy atom. The first-order chi connectivity index (χ1) is 35.3. The Bertz CT molecular complexity index is 3570. The molecule has 3 aliphatic heterocycles. The standard InChI is InChI=1S/C57H68N12O2S2/c1-27(2)46-48-29(5)52(32-16-34-14-15-35(17-32)66(34)23-44(58)70)72-55(48)63-51(46)43-22-69-57(40-13-9-11-38(40)43)67(26-61-69)31(7)62-45(71)24-65-20-33-18-36(65)19-41(33)53-30(6)49-47(28(3)4)50(64-56(49)73-53)42-21-68-54(59-25-60-68)39-12-8-10-37(39)42/h21-22,25-28,31-36,41,63-64H,8-20,23-24H2,1-7H3,(H2-,58,62,70,71)/p+1/t31?,32?,33?,34?,35?,36?,41-/m1/s1. The molecule has 2 amide bonds. The van der Waals surface area contributed by atoms with E-state index < -0.39 is 0 Å². The topological polar surface area (TPSA) is 162 Å². The van der Waals surface area contributed by atoms with Gasteiger partial charge in [0.1, 0.15) is 22.2 Å². The molecule has 6 aliphatic rings. The van der Waals surface area contributed by atoms with Crippen molar-refractivity contribution in [2.24, 2.45) is 11.7 Å². The Labute approximate surface area is 434 Å². The van der Waals surface area contributed by atoms with Crippen LogP contribution in [-0.4, -0.2) is 93.6 Å². The Hall–Kier alpha value is -5.42. The average Bonchev–Trinajstić information content (AvgIpc) is 4.19. The van der Waals surface area contributed by atoms with Crippen molar-refractivity contribution in [2.75, 3.05) is 19.6 Å². The van der Waals surface area contributed by atoms with Crippen LogP contribution < -0.4 is 15.6 Å². The van der Waals surface area contributed by atoms with Crippen LogP contribution in [0.1, 0.15) is 170 Å². The summed E-state index contributed by atoms with van der Waals surface area (Å²) in [5.41, 5.74) is 24.0. The van der Waals surface area contributed by atoms with E-state index >= 15 is 0 Å². The van der Waals surface area contributed by atoms with Crippen LogP contribution in [0.2, 0.25) is 0 Å². The van der Waals surface area contributed by atoms with Gasteiger partial charge in [-0.15, -0.1) is 22.7 Å². The summed E-state index contributed by atoms with van der Waals surface area (Å²) in [5.74, 6) is 2.15. The summed E-state index contributed by atoms with van der Waals surface area (Å²) < 4.78 is 6.23. The molecule has 0 spiro atoms. The molecule has 14 nitrogen and oxygen atoms in total. The first-order valence-corrected chi connectivity index (χ1v) is 29.1. The number of nitrogens with zero attached hydrogens (tertiary/aromatic N) is 8. The van der Waals surface area contributed by atoms with Gasteiger partial charge in [0, 0.05) is 78.7 Å². The number of nitrogens with two attached hydrogens (primary N) is 1. The molecule has 4 fully saturated rings. The smallest absolute Gasteiger partial charge is 0.270 e. The molecule has 5 unspecified atom stereocenters. The molecule has 16 heteroatoms. The number of aryl methyl sites for hydroxylation is 4. The lowest BCUT2D eigenvalue weighted by Crippen LogP contribution is -2.51. The number of aromatic amines is 2. The predicted molar refractivity (Wildman–Crippen MR) is 289 cm³/mol. The van der Waals surface area contributed by atoms with Crippen molar-refractivity contribution >= 4 is 66.2 Å². The Morgan fingerprint density at radius 2 is 1.38 bits per heavy atom. The van der Waals surface area contributed by atoms with E-state index in [1.807, 2.05) is 33.5 Å². The second kappa shape index (κ2) is 17.1. The SMILES string of the molecule is Cc1c(C2CC3CCC(C2)N3CC(N)=O)sc2[nH]c(-c3cn4nc[n+](C(C)NC(=O)CN5CC6CC5C[C@H]6c5sc6[nH]c(-c7cn8ncnc8c8c7CCC8)c(C(C)C)c6c5C)c4c4c3CCC4)c(C(C)C)c12. The molecule has 8 aromatic heterocycles. The molecule has 3 saturated heterocycles. The van der Waals surface area contributed by atoms with Gasteiger partial charge in [0.2, 0.25) is 11.8 Å². The van der Waals surface area contributed by atoms with Crippen LogP contribution in [0.4, 0.5) is 0 Å². The summed E-state index contributed by atoms with van der Waals surface area (Å²) in [6.45, 7) is 17.9. The van der Waals surface area contributed by atoms with Crippen LogP contribution in [-0.2, 0) is 35.3 Å². The highest BCUT2D eigenvalue weighted by Crippen LogP contribution is 2.54. The largest absolute Gasteiger partial charge is 0.369 e. The van der Waals surface area contributed by atoms with E-state index in [0.29, 0.717) is 60.8 Å². The molecule has 6 atom stereocenters. The molecule has 5 N–H and O–H groups in total. The Kier molecular flexibility index (Phi) is 10.8. The number of carbonyl (C=O) groups excluding carboxylic acids is 2. The van der Waals surface area contributed by atoms with Crippen LogP contribution in [0, 0.1) is 19.8 Å². The lowest BCUT2D eigenvalue weighted by Gasteiger charge is -2.38. The van der Waals surface area contributed by atoms with E-state index in [1.165, 1.54) is 97.2 Å². The normalized spacial score (nSPS) is 24.3. The zero-order valence-electron chi connectivity index (χ0n) is 43.4. The number of pyridine rings is 2. The molecule has 3 aliphatic carbocycles. The van der Waals surface area contributed by atoms with Gasteiger partial charge in [0.05, 0.1) is 24.5 Å². The van der Waals surface area contributed by atoms with Crippen molar-refractivity contribution in [2.45, 2.75) is 173 Å². The fourth-order valence-corrected chi connectivity index (χ4v) is 18.6. The first-order valence-electron chi connectivity index (χ1n) is 27.4. The number of primary amides is 1. The Balaban J connectivity index is 0.680. The highest BCUT2D eigenvalue weighted by Gasteiger charge is 2.47. The molecule has 73 heavy (non-hydrogen) atoms. The number of piperidine rings is 2. The van der Waals surface area contributed by atoms with Crippen LogP contribution in [0.25, 0.3) is 54.2 Å². The van der Waals surface area contributed by atoms with E-state index in [1.54, 1.807) is 6.33 Å². The molecule has 8 aromatic rings. The third-order valence-corrected chi connectivity index (χ3v) is 21.5. The number of hydrogen-bond donors (Lipinski definition) is 4. The number of carbonyl (C=O) groups is 2.